The van der Waals surface area contributed by atoms with Gasteiger partial charge in [-0.15, -0.1) is 0 Å². The summed E-state index contributed by atoms with van der Waals surface area (Å²) in [5.41, 5.74) is 3.41. The van der Waals surface area contributed by atoms with Gasteiger partial charge in [0, 0.05) is 18.1 Å². The maximum Gasteiger partial charge on any atom is 0.422 e. The molecule has 7 heteroatoms. The summed E-state index contributed by atoms with van der Waals surface area (Å²) in [5, 5.41) is 13.4. The van der Waals surface area contributed by atoms with Crippen molar-refractivity contribution in [1.82, 2.24) is 10.3 Å². The summed E-state index contributed by atoms with van der Waals surface area (Å²) in [6, 6.07) is 14.4. The Morgan fingerprint density at radius 2 is 1.96 bits per heavy atom. The summed E-state index contributed by atoms with van der Waals surface area (Å²) in [4.78, 5) is 3.14. The molecule has 1 aromatic heterocycles. The van der Waals surface area contributed by atoms with Crippen LogP contribution in [-0.2, 0) is 13.0 Å². The van der Waals surface area contributed by atoms with Crippen molar-refractivity contribution >= 4 is 10.9 Å². The van der Waals surface area contributed by atoms with Crippen molar-refractivity contribution in [1.29, 1.82) is 5.26 Å². The van der Waals surface area contributed by atoms with Crippen LogP contribution in [0.1, 0.15) is 16.7 Å². The minimum Gasteiger partial charge on any atom is -0.484 e. The Labute approximate surface area is 154 Å². The van der Waals surface area contributed by atoms with Crippen molar-refractivity contribution in [2.24, 2.45) is 0 Å². The van der Waals surface area contributed by atoms with E-state index in [1.54, 1.807) is 18.2 Å². The van der Waals surface area contributed by atoms with E-state index < -0.39 is 12.8 Å². The van der Waals surface area contributed by atoms with Crippen molar-refractivity contribution < 1.29 is 17.9 Å². The van der Waals surface area contributed by atoms with Gasteiger partial charge in [-0.1, -0.05) is 24.3 Å². The molecule has 0 fully saturated rings. The minimum atomic E-state index is -4.35. The molecule has 3 rings (SSSR count). The lowest BCUT2D eigenvalue weighted by molar-refractivity contribution is -0.153. The van der Waals surface area contributed by atoms with E-state index in [-0.39, 0.29) is 5.75 Å². The summed E-state index contributed by atoms with van der Waals surface area (Å²) in [6.07, 6.45) is -1.68. The SMILES string of the molecule is N#Cc1cccc2c(CCNCc3cccc(OCC(F)(F)F)c3)c[nH]c12. The molecule has 1 heterocycles. The molecular weight excluding hydrogens is 355 g/mol. The number of hydrogen-bond donors (Lipinski definition) is 2. The number of nitriles is 1. The largest absolute Gasteiger partial charge is 0.484 e. The van der Waals surface area contributed by atoms with Crippen LogP contribution >= 0.6 is 0 Å². The van der Waals surface area contributed by atoms with Gasteiger partial charge in [0.2, 0.25) is 0 Å². The number of benzene rings is 2. The second kappa shape index (κ2) is 8.14. The van der Waals surface area contributed by atoms with Crippen molar-refractivity contribution in [2.45, 2.75) is 19.1 Å². The number of nitrogens with zero attached hydrogens (tertiary/aromatic N) is 1. The van der Waals surface area contributed by atoms with Crippen LogP contribution in [0.3, 0.4) is 0 Å². The molecule has 0 saturated heterocycles. The standard InChI is InChI=1S/C20H18F3N3O/c21-20(22,23)13-27-17-5-1-3-14(9-17)11-25-8-7-16-12-26-19-15(10-24)4-2-6-18(16)19/h1-6,9,12,25-26H,7-8,11,13H2. The highest BCUT2D eigenvalue weighted by molar-refractivity contribution is 5.87. The highest BCUT2D eigenvalue weighted by atomic mass is 19.4. The van der Waals surface area contributed by atoms with Crippen molar-refractivity contribution in [3.63, 3.8) is 0 Å². The first-order valence-electron chi connectivity index (χ1n) is 8.44. The molecule has 2 N–H and O–H groups in total. The number of hydrogen-bond acceptors (Lipinski definition) is 3. The van der Waals surface area contributed by atoms with Gasteiger partial charge >= 0.3 is 6.18 Å². The van der Waals surface area contributed by atoms with E-state index in [4.69, 9.17) is 10.00 Å². The number of para-hydroxylation sites is 1. The van der Waals surface area contributed by atoms with E-state index in [9.17, 15) is 13.2 Å². The summed E-state index contributed by atoms with van der Waals surface area (Å²) in [6.45, 7) is -0.0818. The van der Waals surface area contributed by atoms with Gasteiger partial charge in [0.15, 0.2) is 6.61 Å². The fourth-order valence-electron chi connectivity index (χ4n) is 2.88. The Morgan fingerprint density at radius 3 is 2.74 bits per heavy atom. The highest BCUT2D eigenvalue weighted by Gasteiger charge is 2.28. The molecule has 2 aromatic carbocycles. The monoisotopic (exact) mass is 373 g/mol. The molecule has 3 aromatic rings. The van der Waals surface area contributed by atoms with Crippen LogP contribution < -0.4 is 10.1 Å². The molecule has 0 atom stereocenters. The van der Waals surface area contributed by atoms with E-state index in [2.05, 4.69) is 16.4 Å². The summed E-state index contributed by atoms with van der Waals surface area (Å²) in [7, 11) is 0. The number of aromatic nitrogens is 1. The van der Waals surface area contributed by atoms with Crippen LogP contribution in [0.25, 0.3) is 10.9 Å². The molecule has 0 saturated carbocycles. The van der Waals surface area contributed by atoms with Crippen LogP contribution in [0, 0.1) is 11.3 Å². The average Bonchev–Trinajstić information content (AvgIpc) is 3.06. The van der Waals surface area contributed by atoms with Gasteiger partial charge in [-0.3, -0.25) is 0 Å². The van der Waals surface area contributed by atoms with Gasteiger partial charge < -0.3 is 15.0 Å². The quantitative estimate of drug-likeness (QED) is 0.607. The Morgan fingerprint density at radius 1 is 1.15 bits per heavy atom. The lowest BCUT2D eigenvalue weighted by Crippen LogP contribution is -2.19. The smallest absolute Gasteiger partial charge is 0.422 e. The number of rotatable bonds is 7. The lowest BCUT2D eigenvalue weighted by Gasteiger charge is -2.10. The van der Waals surface area contributed by atoms with E-state index in [0.29, 0.717) is 18.7 Å². The van der Waals surface area contributed by atoms with Gasteiger partial charge in [-0.2, -0.15) is 18.4 Å². The Kier molecular flexibility index (Phi) is 5.67. The molecule has 0 bridgehead atoms. The van der Waals surface area contributed by atoms with Crippen molar-refractivity contribution in [3.8, 4) is 11.8 Å². The van der Waals surface area contributed by atoms with Crippen LogP contribution in [0.2, 0.25) is 0 Å². The van der Waals surface area contributed by atoms with E-state index in [0.717, 1.165) is 28.5 Å². The zero-order valence-electron chi connectivity index (χ0n) is 14.4. The van der Waals surface area contributed by atoms with Crippen LogP contribution in [0.5, 0.6) is 5.75 Å². The predicted octanol–water partition coefficient (Wildman–Crippen LogP) is 4.31. The van der Waals surface area contributed by atoms with E-state index in [1.807, 2.05) is 24.4 Å². The molecule has 140 valence electrons. The van der Waals surface area contributed by atoms with Gasteiger partial charge in [-0.05, 0) is 42.3 Å². The van der Waals surface area contributed by atoms with Gasteiger partial charge in [0.05, 0.1) is 11.1 Å². The zero-order chi connectivity index (χ0) is 19.3. The van der Waals surface area contributed by atoms with Gasteiger partial charge in [-0.25, -0.2) is 0 Å². The molecule has 0 aliphatic carbocycles. The number of H-pyrrole nitrogens is 1. The third kappa shape index (κ3) is 5.02. The van der Waals surface area contributed by atoms with Gasteiger partial charge in [0.1, 0.15) is 11.8 Å². The number of alkyl halides is 3. The van der Waals surface area contributed by atoms with Crippen molar-refractivity contribution in [2.75, 3.05) is 13.2 Å². The molecular formula is C20H18F3N3O. The van der Waals surface area contributed by atoms with Gasteiger partial charge in [0.25, 0.3) is 0 Å². The van der Waals surface area contributed by atoms with E-state index >= 15 is 0 Å². The summed E-state index contributed by atoms with van der Waals surface area (Å²) in [5.74, 6) is 0.201. The zero-order valence-corrected chi connectivity index (χ0v) is 14.4. The second-order valence-corrected chi connectivity index (χ2v) is 6.13. The first kappa shape index (κ1) is 18.8. The van der Waals surface area contributed by atoms with E-state index in [1.165, 1.54) is 6.07 Å². The highest BCUT2D eigenvalue weighted by Crippen LogP contribution is 2.22. The molecule has 0 unspecified atom stereocenters. The van der Waals surface area contributed by atoms with Crippen LogP contribution in [0.15, 0.2) is 48.7 Å². The third-order valence-corrected chi connectivity index (χ3v) is 4.12. The maximum absolute atomic E-state index is 12.2. The molecule has 0 radical (unpaired) electrons. The molecule has 0 aliphatic heterocycles. The number of fused-ring (bicyclic) bond motifs is 1. The van der Waals surface area contributed by atoms with Crippen LogP contribution in [0.4, 0.5) is 13.2 Å². The molecule has 0 amide bonds. The Hall–Kier alpha value is -2.98. The molecule has 4 nitrogen and oxygen atoms in total. The molecule has 0 aliphatic rings. The minimum absolute atomic E-state index is 0.201. The first-order chi connectivity index (χ1) is 13.0. The molecule has 0 spiro atoms. The number of nitrogens with one attached hydrogen (secondary N) is 2. The average molecular weight is 373 g/mol. The second-order valence-electron chi connectivity index (χ2n) is 6.13. The fourth-order valence-corrected chi connectivity index (χ4v) is 2.88. The Balaban J connectivity index is 1.53. The van der Waals surface area contributed by atoms with Crippen molar-refractivity contribution in [3.05, 3.63) is 65.4 Å². The molecule has 27 heavy (non-hydrogen) atoms. The predicted molar refractivity (Wildman–Crippen MR) is 96.4 cm³/mol. The number of ether oxygens (including phenoxy) is 1. The maximum atomic E-state index is 12.2. The number of halogens is 3. The first-order valence-corrected chi connectivity index (χ1v) is 8.44. The normalized spacial score (nSPS) is 11.5. The summed E-state index contributed by atoms with van der Waals surface area (Å²) < 4.78 is 41.4. The third-order valence-electron chi connectivity index (χ3n) is 4.12. The summed E-state index contributed by atoms with van der Waals surface area (Å²) >= 11 is 0. The van der Waals surface area contributed by atoms with Crippen LogP contribution in [-0.4, -0.2) is 24.3 Å². The lowest BCUT2D eigenvalue weighted by atomic mass is 10.1. The number of aromatic amines is 1. The Bertz CT molecular complexity index is 957. The topological polar surface area (TPSA) is 60.8 Å². The fraction of sp³-hybridized carbons (Fsp3) is 0.250.